The molecule has 1 fully saturated rings. The number of hydrogen-bond acceptors (Lipinski definition) is 4. The molecule has 0 unspecified atom stereocenters. The molecule has 3 rings (SSSR count). The molecule has 0 saturated heterocycles. The SMILES string of the molecule is CCCN(C(=O)Cn1nc(C)c2ccccc2c1=O)[C@@H]1CCCC[C@H]1O. The molecule has 1 saturated carbocycles. The fourth-order valence-electron chi connectivity index (χ4n) is 3.90. The number of carbonyl (C=O) groups excluding carboxylic acids is 1. The molecule has 26 heavy (non-hydrogen) atoms. The molecule has 1 aliphatic rings. The third-order valence-electron chi connectivity index (χ3n) is 5.22. The maximum absolute atomic E-state index is 13.0. The summed E-state index contributed by atoms with van der Waals surface area (Å²) in [7, 11) is 0. The summed E-state index contributed by atoms with van der Waals surface area (Å²) in [6.07, 6.45) is 3.88. The molecule has 0 aliphatic heterocycles. The molecule has 0 spiro atoms. The average molecular weight is 357 g/mol. The van der Waals surface area contributed by atoms with Gasteiger partial charge in [0.1, 0.15) is 6.54 Å². The van der Waals surface area contributed by atoms with Crippen LogP contribution in [0.4, 0.5) is 0 Å². The Balaban J connectivity index is 1.89. The first-order valence-corrected chi connectivity index (χ1v) is 9.47. The smallest absolute Gasteiger partial charge is 0.275 e. The summed E-state index contributed by atoms with van der Waals surface area (Å²) in [5, 5.41) is 16.1. The molecule has 1 aliphatic carbocycles. The Morgan fingerprint density at radius 3 is 2.65 bits per heavy atom. The number of nitrogens with zero attached hydrogens (tertiary/aromatic N) is 3. The Labute approximate surface area is 153 Å². The third-order valence-corrected chi connectivity index (χ3v) is 5.22. The highest BCUT2D eigenvalue weighted by Gasteiger charge is 2.31. The number of aromatic nitrogens is 2. The van der Waals surface area contributed by atoms with Gasteiger partial charge in [-0.1, -0.05) is 38.0 Å². The molecule has 6 nitrogen and oxygen atoms in total. The van der Waals surface area contributed by atoms with Crippen molar-refractivity contribution in [1.29, 1.82) is 0 Å². The van der Waals surface area contributed by atoms with Crippen molar-refractivity contribution in [1.82, 2.24) is 14.7 Å². The van der Waals surface area contributed by atoms with Crippen LogP contribution in [-0.4, -0.2) is 44.4 Å². The second-order valence-electron chi connectivity index (χ2n) is 7.10. The van der Waals surface area contributed by atoms with Crippen molar-refractivity contribution in [3.05, 3.63) is 40.3 Å². The van der Waals surface area contributed by atoms with Crippen LogP contribution in [-0.2, 0) is 11.3 Å². The van der Waals surface area contributed by atoms with E-state index in [9.17, 15) is 14.7 Å². The van der Waals surface area contributed by atoms with Gasteiger partial charge in [0.05, 0.1) is 23.2 Å². The molecule has 1 aromatic carbocycles. The molecule has 2 aromatic rings. The van der Waals surface area contributed by atoms with Crippen LogP contribution in [0, 0.1) is 6.92 Å². The summed E-state index contributed by atoms with van der Waals surface area (Å²) in [5.74, 6) is -0.151. The second kappa shape index (κ2) is 7.99. The van der Waals surface area contributed by atoms with Crippen molar-refractivity contribution in [2.24, 2.45) is 0 Å². The zero-order valence-electron chi connectivity index (χ0n) is 15.5. The number of hydrogen-bond donors (Lipinski definition) is 1. The van der Waals surface area contributed by atoms with Gasteiger partial charge in [0, 0.05) is 11.9 Å². The van der Waals surface area contributed by atoms with E-state index >= 15 is 0 Å². The van der Waals surface area contributed by atoms with E-state index in [1.807, 2.05) is 32.0 Å². The van der Waals surface area contributed by atoms with Crippen molar-refractivity contribution in [2.45, 2.75) is 64.6 Å². The molecular formula is C20H27N3O3. The standard InChI is InChI=1S/C20H27N3O3/c1-3-12-22(17-10-6-7-11-18(17)24)19(25)13-23-20(26)16-9-5-4-8-15(16)14(2)21-23/h4-5,8-9,17-18,24H,3,6-7,10-13H2,1-2H3/t17-,18-/m1/s1. The van der Waals surface area contributed by atoms with Gasteiger partial charge in [-0.05, 0) is 32.3 Å². The first-order valence-electron chi connectivity index (χ1n) is 9.47. The Morgan fingerprint density at radius 1 is 1.27 bits per heavy atom. The van der Waals surface area contributed by atoms with Crippen LogP contribution in [0.1, 0.15) is 44.7 Å². The number of aryl methyl sites for hydroxylation is 1. The Kier molecular flexibility index (Phi) is 5.71. The van der Waals surface area contributed by atoms with Gasteiger partial charge >= 0.3 is 0 Å². The van der Waals surface area contributed by atoms with E-state index < -0.39 is 6.10 Å². The molecule has 1 amide bonds. The minimum Gasteiger partial charge on any atom is -0.391 e. The Bertz CT molecular complexity index is 846. The highest BCUT2D eigenvalue weighted by atomic mass is 16.3. The van der Waals surface area contributed by atoms with Crippen LogP contribution in [0.25, 0.3) is 10.8 Å². The number of amides is 1. The number of aliphatic hydroxyl groups excluding tert-OH is 1. The fraction of sp³-hybridized carbons (Fsp3) is 0.550. The quantitative estimate of drug-likeness (QED) is 0.890. The minimum absolute atomic E-state index is 0.0896. The zero-order chi connectivity index (χ0) is 18.7. The molecule has 6 heteroatoms. The first kappa shape index (κ1) is 18.6. The van der Waals surface area contributed by atoms with Gasteiger partial charge in [-0.2, -0.15) is 5.10 Å². The molecule has 1 aromatic heterocycles. The summed E-state index contributed by atoms with van der Waals surface area (Å²) < 4.78 is 1.26. The monoisotopic (exact) mass is 357 g/mol. The molecule has 0 radical (unpaired) electrons. The minimum atomic E-state index is -0.484. The van der Waals surface area contributed by atoms with Crippen molar-refractivity contribution < 1.29 is 9.90 Å². The number of benzene rings is 1. The molecule has 2 atom stereocenters. The summed E-state index contributed by atoms with van der Waals surface area (Å²) in [5.41, 5.74) is 0.480. The Hall–Kier alpha value is -2.21. The zero-order valence-corrected chi connectivity index (χ0v) is 15.5. The summed E-state index contributed by atoms with van der Waals surface area (Å²) >= 11 is 0. The van der Waals surface area contributed by atoms with Crippen LogP contribution in [0.2, 0.25) is 0 Å². The van der Waals surface area contributed by atoms with Crippen LogP contribution >= 0.6 is 0 Å². The largest absolute Gasteiger partial charge is 0.391 e. The van der Waals surface area contributed by atoms with Gasteiger partial charge in [-0.3, -0.25) is 9.59 Å². The molecule has 1 N–H and O–H groups in total. The summed E-state index contributed by atoms with van der Waals surface area (Å²) in [6.45, 7) is 4.35. The van der Waals surface area contributed by atoms with E-state index in [2.05, 4.69) is 5.10 Å². The lowest BCUT2D eigenvalue weighted by atomic mass is 9.91. The fourth-order valence-corrected chi connectivity index (χ4v) is 3.90. The van der Waals surface area contributed by atoms with Crippen LogP contribution < -0.4 is 5.56 Å². The van der Waals surface area contributed by atoms with Crippen molar-refractivity contribution in [3.63, 3.8) is 0 Å². The van der Waals surface area contributed by atoms with Crippen molar-refractivity contribution >= 4 is 16.7 Å². The number of fused-ring (bicyclic) bond motifs is 1. The Morgan fingerprint density at radius 2 is 1.96 bits per heavy atom. The first-order chi connectivity index (χ1) is 12.5. The van der Waals surface area contributed by atoms with Crippen molar-refractivity contribution in [2.75, 3.05) is 6.54 Å². The molecule has 1 heterocycles. The van der Waals surface area contributed by atoms with Crippen LogP contribution in [0.5, 0.6) is 0 Å². The van der Waals surface area contributed by atoms with E-state index in [1.165, 1.54) is 4.68 Å². The summed E-state index contributed by atoms with van der Waals surface area (Å²) in [4.78, 5) is 27.4. The molecular weight excluding hydrogens is 330 g/mol. The van der Waals surface area contributed by atoms with Gasteiger partial charge in [0.25, 0.3) is 5.56 Å². The van der Waals surface area contributed by atoms with Crippen LogP contribution in [0.15, 0.2) is 29.1 Å². The topological polar surface area (TPSA) is 75.4 Å². The number of rotatable bonds is 5. The predicted octanol–water partition coefficient (Wildman–Crippen LogP) is 2.25. The number of carbonyl (C=O) groups is 1. The molecule has 0 bridgehead atoms. The van der Waals surface area contributed by atoms with E-state index in [-0.39, 0.29) is 24.1 Å². The lowest BCUT2D eigenvalue weighted by Crippen LogP contribution is -2.50. The highest BCUT2D eigenvalue weighted by Crippen LogP contribution is 2.24. The van der Waals surface area contributed by atoms with E-state index in [0.717, 1.165) is 43.2 Å². The van der Waals surface area contributed by atoms with Gasteiger partial charge in [0.2, 0.25) is 5.91 Å². The van der Waals surface area contributed by atoms with E-state index in [1.54, 1.807) is 11.0 Å². The maximum Gasteiger partial charge on any atom is 0.275 e. The lowest BCUT2D eigenvalue weighted by Gasteiger charge is -2.37. The van der Waals surface area contributed by atoms with Gasteiger partial charge < -0.3 is 10.0 Å². The van der Waals surface area contributed by atoms with Gasteiger partial charge in [0.15, 0.2) is 0 Å². The van der Waals surface area contributed by atoms with Gasteiger partial charge in [-0.15, -0.1) is 0 Å². The van der Waals surface area contributed by atoms with Crippen LogP contribution in [0.3, 0.4) is 0 Å². The normalized spacial score (nSPS) is 20.3. The second-order valence-corrected chi connectivity index (χ2v) is 7.10. The molecule has 140 valence electrons. The third kappa shape index (κ3) is 3.65. The average Bonchev–Trinajstić information content (AvgIpc) is 2.64. The van der Waals surface area contributed by atoms with Gasteiger partial charge in [-0.25, -0.2) is 4.68 Å². The predicted molar refractivity (Wildman–Crippen MR) is 101 cm³/mol. The van der Waals surface area contributed by atoms with E-state index in [0.29, 0.717) is 11.9 Å². The van der Waals surface area contributed by atoms with E-state index in [4.69, 9.17) is 0 Å². The number of aliphatic hydroxyl groups is 1. The summed E-state index contributed by atoms with van der Waals surface area (Å²) in [6, 6.07) is 7.17. The van der Waals surface area contributed by atoms with Crippen molar-refractivity contribution in [3.8, 4) is 0 Å². The lowest BCUT2D eigenvalue weighted by molar-refractivity contribution is -0.138. The maximum atomic E-state index is 13.0. The highest BCUT2D eigenvalue weighted by molar-refractivity contribution is 5.83.